The molecule has 2 heterocycles. The van der Waals surface area contributed by atoms with Crippen LogP contribution in [0.5, 0.6) is 5.75 Å². The number of hydrogen-bond donors (Lipinski definition) is 1. The second-order valence-electron chi connectivity index (χ2n) is 12.0. The lowest BCUT2D eigenvalue weighted by Gasteiger charge is -2.51. The zero-order valence-corrected chi connectivity index (χ0v) is 22.8. The van der Waals surface area contributed by atoms with Crippen LogP contribution in [0.2, 0.25) is 18.1 Å². The highest BCUT2D eigenvalue weighted by Crippen LogP contribution is 2.43. The molecule has 0 radical (unpaired) electrons. The van der Waals surface area contributed by atoms with E-state index in [0.29, 0.717) is 19.6 Å². The van der Waals surface area contributed by atoms with Gasteiger partial charge in [-0.15, -0.1) is 0 Å². The first kappa shape index (κ1) is 25.2. The van der Waals surface area contributed by atoms with Crippen molar-refractivity contribution < 1.29 is 18.8 Å². The third kappa shape index (κ3) is 4.65. The first-order chi connectivity index (χ1) is 16.0. The molecule has 1 aliphatic carbocycles. The summed E-state index contributed by atoms with van der Waals surface area (Å²) in [4.78, 5) is 28.3. The molecule has 3 aliphatic rings. The Labute approximate surface area is 205 Å². The van der Waals surface area contributed by atoms with Crippen LogP contribution in [0.1, 0.15) is 71.8 Å². The Hall–Kier alpha value is -1.86. The van der Waals surface area contributed by atoms with Crippen molar-refractivity contribution in [1.29, 1.82) is 0 Å². The maximum atomic E-state index is 13.9. The second kappa shape index (κ2) is 9.30. The molecular formula is C27H42N2O4Si. The van der Waals surface area contributed by atoms with Crippen LogP contribution in [0.3, 0.4) is 0 Å². The van der Waals surface area contributed by atoms with Crippen molar-refractivity contribution in [1.82, 2.24) is 10.2 Å². The number of fused-ring (bicyclic) bond motifs is 1. The molecule has 1 unspecified atom stereocenters. The van der Waals surface area contributed by atoms with Gasteiger partial charge in [-0.1, -0.05) is 52.3 Å². The van der Waals surface area contributed by atoms with Crippen molar-refractivity contribution in [3.63, 3.8) is 0 Å². The summed E-state index contributed by atoms with van der Waals surface area (Å²) >= 11 is 0. The molecule has 6 nitrogen and oxygen atoms in total. The largest absolute Gasteiger partial charge is 0.468 e. The fourth-order valence-corrected chi connectivity index (χ4v) is 6.40. The van der Waals surface area contributed by atoms with Crippen molar-refractivity contribution in [3.05, 3.63) is 29.8 Å². The number of carbonyl (C=O) groups is 2. The first-order valence-electron chi connectivity index (χ1n) is 13.0. The van der Waals surface area contributed by atoms with E-state index in [1.54, 1.807) is 0 Å². The maximum Gasteiger partial charge on any atom is 0.230 e. The highest BCUT2D eigenvalue weighted by Gasteiger charge is 2.51. The molecule has 2 fully saturated rings. The quantitative estimate of drug-likeness (QED) is 0.442. The van der Waals surface area contributed by atoms with Gasteiger partial charge in [-0.05, 0) is 43.5 Å². The Morgan fingerprint density at radius 1 is 1.24 bits per heavy atom. The lowest BCUT2D eigenvalue weighted by atomic mass is 9.78. The van der Waals surface area contributed by atoms with Gasteiger partial charge >= 0.3 is 0 Å². The van der Waals surface area contributed by atoms with E-state index >= 15 is 0 Å². The van der Waals surface area contributed by atoms with E-state index in [1.165, 1.54) is 6.42 Å². The molecule has 0 bridgehead atoms. The van der Waals surface area contributed by atoms with E-state index in [1.807, 2.05) is 36.1 Å². The molecule has 1 spiro atoms. The van der Waals surface area contributed by atoms with E-state index in [0.717, 1.165) is 37.0 Å². The lowest BCUT2D eigenvalue weighted by Crippen LogP contribution is -2.66. The minimum atomic E-state index is -1.86. The highest BCUT2D eigenvalue weighted by atomic mass is 28.4. The van der Waals surface area contributed by atoms with Gasteiger partial charge in [0.15, 0.2) is 14.0 Å². The number of amides is 2. The van der Waals surface area contributed by atoms with Crippen LogP contribution in [-0.2, 0) is 20.6 Å². The van der Waals surface area contributed by atoms with E-state index in [2.05, 4.69) is 39.2 Å². The predicted octanol–water partition coefficient (Wildman–Crippen LogP) is 5.23. The van der Waals surface area contributed by atoms with Crippen LogP contribution in [-0.4, -0.2) is 43.4 Å². The van der Waals surface area contributed by atoms with Crippen molar-refractivity contribution in [2.24, 2.45) is 11.8 Å². The molecule has 1 saturated carbocycles. The average molecular weight is 487 g/mol. The molecule has 0 aromatic heterocycles. The number of para-hydroxylation sites is 1. The monoisotopic (exact) mass is 486 g/mol. The van der Waals surface area contributed by atoms with Gasteiger partial charge in [0.25, 0.3) is 0 Å². The maximum absolute atomic E-state index is 13.9. The standard InChI is InChI=1S/C27H42N2O4Si/c1-19(23-21(24(30)28-23)14-17-32-34(5,6)26(2,3)4)25(31)29-18-20-12-8-9-13-22(20)33-27(29)15-10-7-11-16-27/h8-9,12-13,19,21,23H,7,10-11,14-18H2,1-6H3,(H,28,30)/t19?,21-,23+/m0/s1. The Bertz CT molecular complexity index is 919. The number of β-lactam (4-membered cyclic amide) rings is 1. The van der Waals surface area contributed by atoms with E-state index in [4.69, 9.17) is 9.16 Å². The second-order valence-corrected chi connectivity index (χ2v) is 16.8. The Morgan fingerprint density at radius 2 is 1.91 bits per heavy atom. The van der Waals surface area contributed by atoms with Crippen LogP contribution in [0.25, 0.3) is 0 Å². The summed E-state index contributed by atoms with van der Waals surface area (Å²) in [6.07, 6.45) is 5.69. The number of benzene rings is 1. The van der Waals surface area contributed by atoms with Crippen molar-refractivity contribution in [2.75, 3.05) is 6.61 Å². The normalized spacial score (nSPS) is 25.1. The summed E-state index contributed by atoms with van der Waals surface area (Å²) < 4.78 is 12.9. The van der Waals surface area contributed by atoms with Crippen molar-refractivity contribution in [3.8, 4) is 5.75 Å². The Kier molecular flexibility index (Phi) is 6.90. The summed E-state index contributed by atoms with van der Waals surface area (Å²) in [6.45, 7) is 14.2. The number of carbonyl (C=O) groups excluding carboxylic acids is 2. The summed E-state index contributed by atoms with van der Waals surface area (Å²) in [5.74, 6) is 0.541. The van der Waals surface area contributed by atoms with Gasteiger partial charge in [-0.25, -0.2) is 0 Å². The molecule has 1 aromatic rings. The molecule has 7 heteroatoms. The minimum absolute atomic E-state index is 0.0381. The molecule has 1 aromatic carbocycles. The van der Waals surface area contributed by atoms with E-state index in [9.17, 15) is 9.59 Å². The SMILES string of the molecule is CC(C(=O)N1Cc2ccccc2OC12CCCCC2)[C@H]1NC(=O)[C@H]1CCO[Si](C)(C)C(C)(C)C. The summed E-state index contributed by atoms with van der Waals surface area (Å²) in [5, 5.41) is 3.16. The Morgan fingerprint density at radius 3 is 2.56 bits per heavy atom. The van der Waals surface area contributed by atoms with Crippen LogP contribution in [0.15, 0.2) is 24.3 Å². The van der Waals surface area contributed by atoms with Crippen LogP contribution in [0.4, 0.5) is 0 Å². The topological polar surface area (TPSA) is 67.9 Å². The summed E-state index contributed by atoms with van der Waals surface area (Å²) in [5.41, 5.74) is 0.489. The molecule has 2 aliphatic heterocycles. The third-order valence-corrected chi connectivity index (χ3v) is 13.2. The Balaban J connectivity index is 1.46. The van der Waals surface area contributed by atoms with Gasteiger partial charge in [0, 0.05) is 25.0 Å². The fraction of sp³-hybridized carbons (Fsp3) is 0.704. The minimum Gasteiger partial charge on any atom is -0.468 e. The fourth-order valence-electron chi connectivity index (χ4n) is 5.34. The third-order valence-electron chi connectivity index (χ3n) is 8.70. The highest BCUT2D eigenvalue weighted by molar-refractivity contribution is 6.74. The number of nitrogens with zero attached hydrogens (tertiary/aromatic N) is 1. The molecule has 34 heavy (non-hydrogen) atoms. The zero-order valence-electron chi connectivity index (χ0n) is 21.8. The first-order valence-corrected chi connectivity index (χ1v) is 15.9. The van der Waals surface area contributed by atoms with Crippen LogP contribution < -0.4 is 10.1 Å². The summed E-state index contributed by atoms with van der Waals surface area (Å²) in [7, 11) is -1.86. The van der Waals surface area contributed by atoms with Gasteiger partial charge in [-0.3, -0.25) is 14.5 Å². The number of hydrogen-bond acceptors (Lipinski definition) is 4. The van der Waals surface area contributed by atoms with E-state index < -0.39 is 14.0 Å². The van der Waals surface area contributed by atoms with Gasteiger partial charge in [-0.2, -0.15) is 0 Å². The van der Waals surface area contributed by atoms with Gasteiger partial charge in [0.05, 0.1) is 24.4 Å². The van der Waals surface area contributed by atoms with Gasteiger partial charge in [0.1, 0.15) is 5.75 Å². The molecule has 1 N–H and O–H groups in total. The number of nitrogens with one attached hydrogen (secondary N) is 1. The van der Waals surface area contributed by atoms with Gasteiger partial charge < -0.3 is 14.5 Å². The van der Waals surface area contributed by atoms with Crippen molar-refractivity contribution >= 4 is 20.1 Å². The molecule has 188 valence electrons. The molecule has 2 amide bonds. The summed E-state index contributed by atoms with van der Waals surface area (Å²) in [6, 6.07) is 7.90. The van der Waals surface area contributed by atoms with Gasteiger partial charge in [0.2, 0.25) is 11.8 Å². The smallest absolute Gasteiger partial charge is 0.230 e. The number of rotatable bonds is 6. The van der Waals surface area contributed by atoms with E-state index in [-0.39, 0.29) is 34.7 Å². The molecule has 1 saturated heterocycles. The number of ether oxygens (including phenoxy) is 1. The molecule has 3 atom stereocenters. The lowest BCUT2D eigenvalue weighted by molar-refractivity contribution is -0.174. The average Bonchev–Trinajstić information content (AvgIpc) is 2.78. The zero-order chi connectivity index (χ0) is 24.7. The molecular weight excluding hydrogens is 444 g/mol. The predicted molar refractivity (Wildman–Crippen MR) is 136 cm³/mol. The molecule has 4 rings (SSSR count). The van der Waals surface area contributed by atoms with Crippen LogP contribution in [0, 0.1) is 11.8 Å². The van der Waals surface area contributed by atoms with Crippen molar-refractivity contribution in [2.45, 2.75) is 103 Å². The van der Waals surface area contributed by atoms with Crippen LogP contribution >= 0.6 is 0 Å².